The predicted octanol–water partition coefficient (Wildman–Crippen LogP) is 2.81. The van der Waals surface area contributed by atoms with Crippen LogP contribution in [-0.2, 0) is 6.54 Å². The lowest BCUT2D eigenvalue weighted by Crippen LogP contribution is -2.04. The molecule has 0 amide bonds. The molecule has 7 heteroatoms. The first-order chi connectivity index (χ1) is 10.3. The number of hydrogen-bond donors (Lipinski definition) is 1. The van der Waals surface area contributed by atoms with E-state index in [0.717, 1.165) is 16.3 Å². The smallest absolute Gasteiger partial charge is 0.238 e. The average molecular weight is 304 g/mol. The largest absolute Gasteiger partial charge is 0.480 e. The Balaban J connectivity index is 1.74. The van der Waals surface area contributed by atoms with Crippen molar-refractivity contribution in [2.75, 3.05) is 19.0 Å². The minimum absolute atomic E-state index is 0.608. The van der Waals surface area contributed by atoms with Crippen LogP contribution in [0.1, 0.15) is 12.6 Å². The summed E-state index contributed by atoms with van der Waals surface area (Å²) in [5.41, 5.74) is 1.91. The van der Waals surface area contributed by atoms with Crippen molar-refractivity contribution in [3.8, 4) is 11.8 Å². The van der Waals surface area contributed by atoms with E-state index in [1.165, 1.54) is 0 Å². The SMILES string of the molecule is CCOc1ccc(NCc2c(OC)nc3sccn23)cn1. The molecule has 3 rings (SSSR count). The second kappa shape index (κ2) is 6.01. The van der Waals surface area contributed by atoms with Crippen molar-refractivity contribution >= 4 is 22.0 Å². The molecular weight excluding hydrogens is 288 g/mol. The Labute approximate surface area is 126 Å². The van der Waals surface area contributed by atoms with Gasteiger partial charge < -0.3 is 14.8 Å². The second-order valence-electron chi connectivity index (χ2n) is 4.30. The zero-order valence-corrected chi connectivity index (χ0v) is 12.7. The standard InChI is InChI=1S/C14H16N4O2S/c1-3-20-12-5-4-10(8-16-12)15-9-11-13(19-2)17-14-18(11)6-7-21-14/h4-8,15H,3,9H2,1-2H3. The molecule has 0 saturated heterocycles. The molecule has 0 atom stereocenters. The monoisotopic (exact) mass is 304 g/mol. The van der Waals surface area contributed by atoms with Crippen LogP contribution in [0, 0.1) is 0 Å². The number of fused-ring (bicyclic) bond motifs is 1. The third kappa shape index (κ3) is 2.78. The van der Waals surface area contributed by atoms with Crippen LogP contribution in [0.3, 0.4) is 0 Å². The first kappa shape index (κ1) is 13.7. The van der Waals surface area contributed by atoms with Gasteiger partial charge in [0.2, 0.25) is 11.8 Å². The molecule has 110 valence electrons. The number of pyridine rings is 1. The topological polar surface area (TPSA) is 60.7 Å². The third-order valence-corrected chi connectivity index (χ3v) is 3.76. The van der Waals surface area contributed by atoms with Crippen LogP contribution >= 0.6 is 11.3 Å². The molecule has 0 aliphatic carbocycles. The summed E-state index contributed by atoms with van der Waals surface area (Å²) in [4.78, 5) is 9.58. The number of nitrogens with one attached hydrogen (secondary N) is 1. The maximum atomic E-state index is 5.33. The molecule has 3 aromatic rings. The number of anilines is 1. The van der Waals surface area contributed by atoms with E-state index in [0.29, 0.717) is 24.9 Å². The molecule has 0 unspecified atom stereocenters. The van der Waals surface area contributed by atoms with Gasteiger partial charge >= 0.3 is 0 Å². The lowest BCUT2D eigenvalue weighted by molar-refractivity contribution is 0.327. The van der Waals surface area contributed by atoms with Gasteiger partial charge in [-0.1, -0.05) is 0 Å². The van der Waals surface area contributed by atoms with Gasteiger partial charge in [-0.2, -0.15) is 4.98 Å². The molecule has 0 aromatic carbocycles. The first-order valence-electron chi connectivity index (χ1n) is 6.63. The molecular formula is C14H16N4O2S. The Morgan fingerprint density at radius 3 is 3.00 bits per heavy atom. The van der Waals surface area contributed by atoms with E-state index in [1.54, 1.807) is 24.6 Å². The van der Waals surface area contributed by atoms with Gasteiger partial charge in [0.05, 0.1) is 32.1 Å². The van der Waals surface area contributed by atoms with Crippen LogP contribution in [0.5, 0.6) is 11.8 Å². The van der Waals surface area contributed by atoms with Gasteiger partial charge in [-0.15, -0.1) is 11.3 Å². The summed E-state index contributed by atoms with van der Waals surface area (Å²) in [6.07, 6.45) is 3.74. The molecule has 0 spiro atoms. The van der Waals surface area contributed by atoms with Gasteiger partial charge in [0, 0.05) is 17.6 Å². The van der Waals surface area contributed by atoms with Gasteiger partial charge in [-0.25, -0.2) is 4.98 Å². The number of thiazole rings is 1. The van der Waals surface area contributed by atoms with E-state index < -0.39 is 0 Å². The maximum absolute atomic E-state index is 5.33. The highest BCUT2D eigenvalue weighted by Crippen LogP contribution is 2.24. The number of rotatable bonds is 6. The van der Waals surface area contributed by atoms with Crippen LogP contribution in [-0.4, -0.2) is 28.1 Å². The van der Waals surface area contributed by atoms with Crippen molar-refractivity contribution < 1.29 is 9.47 Å². The van der Waals surface area contributed by atoms with E-state index in [9.17, 15) is 0 Å². The van der Waals surface area contributed by atoms with E-state index in [4.69, 9.17) is 9.47 Å². The fourth-order valence-electron chi connectivity index (χ4n) is 2.04. The van der Waals surface area contributed by atoms with Crippen LogP contribution < -0.4 is 14.8 Å². The number of ether oxygens (including phenoxy) is 2. The first-order valence-corrected chi connectivity index (χ1v) is 7.51. The Bertz CT molecular complexity index is 720. The van der Waals surface area contributed by atoms with Gasteiger partial charge in [0.25, 0.3) is 0 Å². The molecule has 3 aromatic heterocycles. The lowest BCUT2D eigenvalue weighted by Gasteiger charge is -2.08. The summed E-state index contributed by atoms with van der Waals surface area (Å²) in [5, 5.41) is 5.32. The Morgan fingerprint density at radius 1 is 1.38 bits per heavy atom. The number of hydrogen-bond acceptors (Lipinski definition) is 6. The molecule has 0 aliphatic heterocycles. The van der Waals surface area contributed by atoms with E-state index in [-0.39, 0.29) is 0 Å². The number of nitrogens with zero attached hydrogens (tertiary/aromatic N) is 3. The Morgan fingerprint density at radius 2 is 2.29 bits per heavy atom. The molecule has 0 fully saturated rings. The number of imidazole rings is 1. The van der Waals surface area contributed by atoms with E-state index in [2.05, 4.69) is 15.3 Å². The van der Waals surface area contributed by atoms with Gasteiger partial charge in [0.15, 0.2) is 4.96 Å². The maximum Gasteiger partial charge on any atom is 0.238 e. The molecule has 1 N–H and O–H groups in total. The van der Waals surface area contributed by atoms with Crippen LogP contribution in [0.2, 0.25) is 0 Å². The van der Waals surface area contributed by atoms with Gasteiger partial charge in [-0.05, 0) is 13.0 Å². The summed E-state index contributed by atoms with van der Waals surface area (Å²) in [5.74, 6) is 1.28. The Hall–Kier alpha value is -2.28. The molecule has 3 heterocycles. The van der Waals surface area contributed by atoms with Crippen LogP contribution in [0.15, 0.2) is 29.9 Å². The zero-order valence-electron chi connectivity index (χ0n) is 11.9. The summed E-state index contributed by atoms with van der Waals surface area (Å²) in [6.45, 7) is 3.16. The highest BCUT2D eigenvalue weighted by Gasteiger charge is 2.13. The second-order valence-corrected chi connectivity index (χ2v) is 5.17. The normalized spacial score (nSPS) is 10.8. The predicted molar refractivity (Wildman–Crippen MR) is 82.4 cm³/mol. The number of aromatic nitrogens is 3. The van der Waals surface area contributed by atoms with Crippen molar-refractivity contribution in [2.24, 2.45) is 0 Å². The average Bonchev–Trinajstić information content (AvgIpc) is 3.07. The van der Waals surface area contributed by atoms with Gasteiger partial charge in [0.1, 0.15) is 5.69 Å². The molecule has 0 bridgehead atoms. The van der Waals surface area contributed by atoms with Crippen molar-refractivity contribution in [2.45, 2.75) is 13.5 Å². The molecule has 0 radical (unpaired) electrons. The fraction of sp³-hybridized carbons (Fsp3) is 0.286. The Kier molecular flexibility index (Phi) is 3.92. The summed E-state index contributed by atoms with van der Waals surface area (Å²) >= 11 is 1.58. The molecule has 21 heavy (non-hydrogen) atoms. The van der Waals surface area contributed by atoms with Crippen molar-refractivity contribution in [3.05, 3.63) is 35.6 Å². The van der Waals surface area contributed by atoms with Crippen LogP contribution in [0.4, 0.5) is 5.69 Å². The van der Waals surface area contributed by atoms with Gasteiger partial charge in [-0.3, -0.25) is 4.40 Å². The molecule has 0 aliphatic rings. The minimum atomic E-state index is 0.608. The molecule has 6 nitrogen and oxygen atoms in total. The minimum Gasteiger partial charge on any atom is -0.480 e. The lowest BCUT2D eigenvalue weighted by atomic mass is 10.3. The summed E-state index contributed by atoms with van der Waals surface area (Å²) < 4.78 is 12.7. The number of methoxy groups -OCH3 is 1. The van der Waals surface area contributed by atoms with Crippen molar-refractivity contribution in [3.63, 3.8) is 0 Å². The summed E-state index contributed by atoms with van der Waals surface area (Å²) in [6, 6.07) is 3.79. The van der Waals surface area contributed by atoms with Crippen molar-refractivity contribution in [1.29, 1.82) is 0 Å². The highest BCUT2D eigenvalue weighted by molar-refractivity contribution is 7.15. The zero-order chi connectivity index (χ0) is 14.7. The molecule has 0 saturated carbocycles. The van der Waals surface area contributed by atoms with Crippen LogP contribution in [0.25, 0.3) is 4.96 Å². The van der Waals surface area contributed by atoms with E-state index >= 15 is 0 Å². The summed E-state index contributed by atoms with van der Waals surface area (Å²) in [7, 11) is 1.63. The van der Waals surface area contributed by atoms with Crippen molar-refractivity contribution in [1.82, 2.24) is 14.4 Å². The highest BCUT2D eigenvalue weighted by atomic mass is 32.1. The third-order valence-electron chi connectivity index (χ3n) is 3.01. The quantitative estimate of drug-likeness (QED) is 0.759. The fourth-order valence-corrected chi connectivity index (χ4v) is 2.77. The van der Waals surface area contributed by atoms with E-state index in [1.807, 2.05) is 35.0 Å².